The second-order valence-electron chi connectivity index (χ2n) is 11.4. The molecule has 0 saturated carbocycles. The van der Waals surface area contributed by atoms with Crippen LogP contribution in [0.25, 0.3) is 0 Å². The minimum absolute atomic E-state index is 0.00103. The number of likely N-dealkylation sites (N-methyl/N-ethyl adjacent to an activating group) is 1. The summed E-state index contributed by atoms with van der Waals surface area (Å²) in [7, 11) is 2.13. The van der Waals surface area contributed by atoms with Crippen LogP contribution >= 0.6 is 11.3 Å². The number of anilines is 1. The Morgan fingerprint density at radius 3 is 2.98 bits per heavy atom. The van der Waals surface area contributed by atoms with E-state index in [0.29, 0.717) is 51.1 Å². The fourth-order valence-electron chi connectivity index (χ4n) is 6.72. The lowest BCUT2D eigenvalue weighted by Crippen LogP contribution is -2.57. The molecule has 2 amide bonds. The third-order valence-electron chi connectivity index (χ3n) is 8.95. The van der Waals surface area contributed by atoms with Gasteiger partial charge in [0.25, 0.3) is 5.91 Å². The highest BCUT2D eigenvalue weighted by atomic mass is 32.1. The monoisotopic (exact) mass is 560 g/mol. The number of piperazine rings is 1. The van der Waals surface area contributed by atoms with Gasteiger partial charge in [0, 0.05) is 55.4 Å². The number of thiophene rings is 1. The molecule has 1 aliphatic carbocycles. The number of carbonyl (C=O) groups excluding carboxylic acids is 2. The number of hydrogen-bond acceptors (Lipinski definition) is 8. The number of hydrogen-bond donors (Lipinski definition) is 1. The van der Waals surface area contributed by atoms with Crippen LogP contribution in [0.5, 0.6) is 6.01 Å². The number of nitrogens with one attached hydrogen (secondary N) is 1. The van der Waals surface area contributed by atoms with E-state index in [9.17, 15) is 9.59 Å². The molecule has 210 valence electrons. The predicted molar refractivity (Wildman–Crippen MR) is 155 cm³/mol. The summed E-state index contributed by atoms with van der Waals surface area (Å²) >= 11 is 1.65. The summed E-state index contributed by atoms with van der Waals surface area (Å²) in [5.74, 6) is 3.50. The van der Waals surface area contributed by atoms with E-state index in [4.69, 9.17) is 21.1 Å². The Bertz CT molecular complexity index is 1370. The number of ether oxygens (including phenoxy) is 1. The first-order valence-corrected chi connectivity index (χ1v) is 15.0. The van der Waals surface area contributed by atoms with E-state index >= 15 is 0 Å². The molecule has 2 aromatic rings. The number of likely N-dealkylation sites (tertiary alicyclic amines) is 1. The molecule has 0 bridgehead atoms. The highest BCUT2D eigenvalue weighted by Gasteiger charge is 2.43. The van der Waals surface area contributed by atoms with Gasteiger partial charge in [-0.15, -0.1) is 23.7 Å². The Labute approximate surface area is 239 Å². The highest BCUT2D eigenvalue weighted by Crippen LogP contribution is 2.40. The first kappa shape index (κ1) is 26.8. The summed E-state index contributed by atoms with van der Waals surface area (Å²) in [6, 6.07) is 2.51. The van der Waals surface area contributed by atoms with Gasteiger partial charge in [-0.3, -0.25) is 9.59 Å². The van der Waals surface area contributed by atoms with Crippen molar-refractivity contribution in [3.8, 4) is 18.4 Å². The molecule has 1 spiro atoms. The molecular weight excluding hydrogens is 524 g/mol. The second-order valence-corrected chi connectivity index (χ2v) is 12.4. The van der Waals surface area contributed by atoms with E-state index in [1.165, 1.54) is 6.08 Å². The van der Waals surface area contributed by atoms with E-state index in [1.807, 2.05) is 16.3 Å². The maximum atomic E-state index is 13.0. The molecule has 4 aliphatic rings. The molecule has 9 nitrogen and oxygen atoms in total. The van der Waals surface area contributed by atoms with Gasteiger partial charge in [-0.1, -0.05) is 6.58 Å². The van der Waals surface area contributed by atoms with E-state index in [2.05, 4.69) is 34.7 Å². The summed E-state index contributed by atoms with van der Waals surface area (Å²) in [5.41, 5.74) is 2.47. The third-order valence-corrected chi connectivity index (χ3v) is 9.87. The van der Waals surface area contributed by atoms with Gasteiger partial charge in [0.1, 0.15) is 12.4 Å². The van der Waals surface area contributed by atoms with Gasteiger partial charge in [-0.05, 0) is 56.8 Å². The Morgan fingerprint density at radius 1 is 1.32 bits per heavy atom. The van der Waals surface area contributed by atoms with Crippen LogP contribution in [0, 0.1) is 12.3 Å². The summed E-state index contributed by atoms with van der Waals surface area (Å²) in [5, 5.41) is 5.33. The van der Waals surface area contributed by atoms with Gasteiger partial charge in [0.05, 0.1) is 22.8 Å². The van der Waals surface area contributed by atoms with Gasteiger partial charge < -0.3 is 24.8 Å². The molecule has 2 saturated heterocycles. The maximum absolute atomic E-state index is 13.0. The molecular formula is C30H36N6O3S. The summed E-state index contributed by atoms with van der Waals surface area (Å²) in [6.07, 6.45) is 12.8. The van der Waals surface area contributed by atoms with Crippen molar-refractivity contribution in [1.82, 2.24) is 25.1 Å². The molecule has 6 rings (SSSR count). The SMILES string of the molecule is C#CCC1CN(c2nc(OCC3CCCN3C)nc3c2CCC2(C3)Cc3sccc3C(=O)N2)CCN1C(=O)C=C. The lowest BCUT2D eigenvalue weighted by Gasteiger charge is -2.44. The van der Waals surface area contributed by atoms with E-state index in [-0.39, 0.29) is 23.4 Å². The minimum atomic E-state index is -0.364. The number of amides is 2. The van der Waals surface area contributed by atoms with Gasteiger partial charge in [-0.2, -0.15) is 9.97 Å². The van der Waals surface area contributed by atoms with E-state index in [0.717, 1.165) is 66.2 Å². The average Bonchev–Trinajstić information content (AvgIpc) is 3.59. The van der Waals surface area contributed by atoms with Crippen molar-refractivity contribution in [2.45, 2.75) is 62.6 Å². The molecule has 40 heavy (non-hydrogen) atoms. The summed E-state index contributed by atoms with van der Waals surface area (Å²) < 4.78 is 6.26. The van der Waals surface area contributed by atoms with Crippen LogP contribution in [0.3, 0.4) is 0 Å². The smallest absolute Gasteiger partial charge is 0.318 e. The molecule has 3 aliphatic heterocycles. The van der Waals surface area contributed by atoms with Crippen LogP contribution in [0.15, 0.2) is 24.1 Å². The zero-order chi connectivity index (χ0) is 27.9. The van der Waals surface area contributed by atoms with Gasteiger partial charge in [0.2, 0.25) is 5.91 Å². The third kappa shape index (κ3) is 4.97. The largest absolute Gasteiger partial charge is 0.462 e. The molecule has 2 aromatic heterocycles. The van der Waals surface area contributed by atoms with Crippen molar-refractivity contribution in [3.05, 3.63) is 45.8 Å². The lowest BCUT2D eigenvalue weighted by atomic mass is 9.75. The fraction of sp³-hybridized carbons (Fsp3) is 0.533. The Kier molecular flexibility index (Phi) is 7.27. The number of rotatable bonds is 6. The van der Waals surface area contributed by atoms with Gasteiger partial charge in [-0.25, -0.2) is 0 Å². The van der Waals surface area contributed by atoms with Crippen molar-refractivity contribution < 1.29 is 14.3 Å². The van der Waals surface area contributed by atoms with Crippen LogP contribution in [0.1, 0.15) is 52.2 Å². The van der Waals surface area contributed by atoms with E-state index < -0.39 is 0 Å². The number of carbonyl (C=O) groups is 2. The zero-order valence-corrected chi connectivity index (χ0v) is 23.8. The van der Waals surface area contributed by atoms with Crippen molar-refractivity contribution in [2.24, 2.45) is 0 Å². The van der Waals surface area contributed by atoms with Crippen molar-refractivity contribution in [1.29, 1.82) is 0 Å². The molecule has 2 fully saturated rings. The first-order chi connectivity index (χ1) is 19.4. The standard InChI is InChI=1S/C30H36N6O3S/c1-4-7-20-18-35(13-14-36(20)26(37)5-2)27-22-9-11-30(17-25-23(10-15-40-25)28(38)33-30)16-24(22)31-29(32-27)39-19-21-8-6-12-34(21)3/h1,5,10,15,20-21H,2,6-9,11-14,16-19H2,3H3,(H,33,38). The number of aromatic nitrogens is 2. The van der Waals surface area contributed by atoms with Crippen molar-refractivity contribution >= 4 is 29.0 Å². The van der Waals surface area contributed by atoms with Crippen LogP contribution in [-0.4, -0.2) is 89.0 Å². The summed E-state index contributed by atoms with van der Waals surface area (Å²) in [6.45, 7) is 7.03. The van der Waals surface area contributed by atoms with Gasteiger partial charge in [0.15, 0.2) is 0 Å². The van der Waals surface area contributed by atoms with Gasteiger partial charge >= 0.3 is 6.01 Å². The van der Waals surface area contributed by atoms with Crippen molar-refractivity contribution in [2.75, 3.05) is 44.7 Å². The highest BCUT2D eigenvalue weighted by molar-refractivity contribution is 7.10. The predicted octanol–water partition coefficient (Wildman–Crippen LogP) is 2.45. The van der Waals surface area contributed by atoms with Crippen LogP contribution in [0.4, 0.5) is 5.82 Å². The van der Waals surface area contributed by atoms with Crippen LogP contribution < -0.4 is 15.0 Å². The Morgan fingerprint density at radius 2 is 2.20 bits per heavy atom. The molecule has 3 unspecified atom stereocenters. The second kappa shape index (κ2) is 10.9. The Hall–Kier alpha value is -3.42. The normalized spacial score (nSPS) is 26.1. The van der Waals surface area contributed by atoms with Crippen molar-refractivity contribution in [3.63, 3.8) is 0 Å². The molecule has 10 heteroatoms. The molecule has 0 radical (unpaired) electrons. The van der Waals surface area contributed by atoms with Crippen LogP contribution in [-0.2, 0) is 24.1 Å². The molecule has 1 N–H and O–H groups in total. The summed E-state index contributed by atoms with van der Waals surface area (Å²) in [4.78, 5) is 42.9. The van der Waals surface area contributed by atoms with Crippen LogP contribution in [0.2, 0.25) is 0 Å². The Balaban J connectivity index is 1.32. The molecule has 0 aromatic carbocycles. The average molecular weight is 561 g/mol. The zero-order valence-electron chi connectivity index (χ0n) is 23.0. The lowest BCUT2D eigenvalue weighted by molar-refractivity contribution is -0.128. The molecule has 3 atom stereocenters. The minimum Gasteiger partial charge on any atom is -0.462 e. The van der Waals surface area contributed by atoms with E-state index in [1.54, 1.807) is 11.3 Å². The topological polar surface area (TPSA) is 90.9 Å². The number of nitrogens with zero attached hydrogens (tertiary/aromatic N) is 5. The first-order valence-electron chi connectivity index (χ1n) is 14.1. The molecule has 5 heterocycles. The maximum Gasteiger partial charge on any atom is 0.318 e. The number of fused-ring (bicyclic) bond motifs is 2. The fourth-order valence-corrected chi connectivity index (χ4v) is 7.74. The number of terminal acetylenes is 1. The quantitative estimate of drug-likeness (QED) is 0.429.